The smallest absolute Gasteiger partial charge is 0.253 e. The van der Waals surface area contributed by atoms with Crippen LogP contribution in [0.15, 0.2) is 41.1 Å². The lowest BCUT2D eigenvalue weighted by atomic mass is 10.1. The first-order valence-electron chi connectivity index (χ1n) is 9.94. The monoisotopic (exact) mass is 458 g/mol. The predicted octanol–water partition coefficient (Wildman–Crippen LogP) is 5.79. The summed E-state index contributed by atoms with van der Waals surface area (Å²) in [4.78, 5) is 17.2. The number of halogens is 2. The van der Waals surface area contributed by atoms with E-state index in [1.165, 1.54) is 12.8 Å². The van der Waals surface area contributed by atoms with Gasteiger partial charge in [-0.2, -0.15) is 0 Å². The molecular weight excluding hydrogens is 435 g/mol. The van der Waals surface area contributed by atoms with Crippen molar-refractivity contribution < 1.29 is 9.18 Å². The summed E-state index contributed by atoms with van der Waals surface area (Å²) in [7, 11) is 0. The Hall–Kier alpha value is -2.41. The molecule has 0 aliphatic heterocycles. The topological polar surface area (TPSA) is 59.0 Å². The van der Waals surface area contributed by atoms with Crippen LogP contribution in [0.2, 0.25) is 0 Å². The molecule has 0 unspecified atom stereocenters. The van der Waals surface area contributed by atoms with E-state index in [1.54, 1.807) is 12.4 Å². The molecule has 2 aromatic carbocycles. The highest BCUT2D eigenvalue weighted by atomic mass is 79.9. The van der Waals surface area contributed by atoms with Gasteiger partial charge >= 0.3 is 0 Å². The van der Waals surface area contributed by atoms with Crippen LogP contribution in [0.3, 0.4) is 0 Å². The maximum absolute atomic E-state index is 15.5. The van der Waals surface area contributed by atoms with Crippen LogP contribution >= 0.6 is 15.9 Å². The summed E-state index contributed by atoms with van der Waals surface area (Å²) in [6.45, 7) is 4.61. The maximum Gasteiger partial charge on any atom is 0.253 e. The van der Waals surface area contributed by atoms with Crippen LogP contribution in [-0.2, 0) is 0 Å². The molecule has 1 heterocycles. The van der Waals surface area contributed by atoms with E-state index in [-0.39, 0.29) is 28.7 Å². The third-order valence-electron chi connectivity index (χ3n) is 5.26. The highest BCUT2D eigenvalue weighted by Crippen LogP contribution is 2.33. The average molecular weight is 459 g/mol. The second-order valence-corrected chi connectivity index (χ2v) is 8.76. The molecule has 1 saturated carbocycles. The number of fused-ring (bicyclic) bond motifs is 1. The molecule has 1 aromatic heterocycles. The maximum atomic E-state index is 15.5. The van der Waals surface area contributed by atoms with Gasteiger partial charge in [-0.1, -0.05) is 28.8 Å². The molecular formula is C22H24BrFN4O. The van der Waals surface area contributed by atoms with Gasteiger partial charge in [0.2, 0.25) is 0 Å². The molecule has 0 radical (unpaired) electrons. The van der Waals surface area contributed by atoms with Crippen LogP contribution in [0, 0.1) is 11.7 Å². The van der Waals surface area contributed by atoms with Gasteiger partial charge in [-0.15, -0.1) is 0 Å². The molecule has 1 aliphatic rings. The van der Waals surface area contributed by atoms with Crippen LogP contribution in [0.1, 0.15) is 49.5 Å². The zero-order chi connectivity index (χ0) is 20.5. The SMILES string of the molecule is CC(C)n1cnc2c(F)c(Nc3ccc(Br)cc3)c(C(=O)NCCC3CC3)cc21. The molecule has 2 N–H and O–H groups in total. The summed E-state index contributed by atoms with van der Waals surface area (Å²) in [5, 5.41) is 6.04. The number of nitrogens with one attached hydrogen (secondary N) is 2. The molecule has 5 nitrogen and oxygen atoms in total. The minimum atomic E-state index is -0.517. The quantitative estimate of drug-likeness (QED) is 0.470. The minimum Gasteiger partial charge on any atom is -0.352 e. The fourth-order valence-corrected chi connectivity index (χ4v) is 3.67. The molecule has 4 rings (SSSR count). The van der Waals surface area contributed by atoms with E-state index in [0.717, 1.165) is 16.8 Å². The normalized spacial score (nSPS) is 13.8. The van der Waals surface area contributed by atoms with Gasteiger partial charge < -0.3 is 15.2 Å². The molecule has 0 atom stereocenters. The molecule has 29 heavy (non-hydrogen) atoms. The van der Waals surface area contributed by atoms with Gasteiger partial charge in [0.05, 0.1) is 23.1 Å². The number of aromatic nitrogens is 2. The lowest BCUT2D eigenvalue weighted by molar-refractivity contribution is 0.0953. The summed E-state index contributed by atoms with van der Waals surface area (Å²) < 4.78 is 18.3. The highest BCUT2D eigenvalue weighted by Gasteiger charge is 2.24. The summed E-state index contributed by atoms with van der Waals surface area (Å²) in [6.07, 6.45) is 5.06. The first-order valence-corrected chi connectivity index (χ1v) is 10.7. The minimum absolute atomic E-state index is 0.107. The first kappa shape index (κ1) is 19.9. The average Bonchev–Trinajstić information content (AvgIpc) is 3.41. The third-order valence-corrected chi connectivity index (χ3v) is 5.79. The van der Waals surface area contributed by atoms with Crippen LogP contribution < -0.4 is 10.6 Å². The Morgan fingerprint density at radius 2 is 2.03 bits per heavy atom. The lowest BCUT2D eigenvalue weighted by Gasteiger charge is -2.16. The predicted molar refractivity (Wildman–Crippen MR) is 117 cm³/mol. The molecule has 1 fully saturated rings. The van der Waals surface area contributed by atoms with Crippen molar-refractivity contribution in [3.63, 3.8) is 0 Å². The Morgan fingerprint density at radius 1 is 1.31 bits per heavy atom. The zero-order valence-corrected chi connectivity index (χ0v) is 18.1. The Bertz CT molecular complexity index is 1040. The number of anilines is 2. The summed E-state index contributed by atoms with van der Waals surface area (Å²) in [6, 6.07) is 9.22. The summed E-state index contributed by atoms with van der Waals surface area (Å²) in [5.74, 6) is -0.0722. The second-order valence-electron chi connectivity index (χ2n) is 7.85. The van der Waals surface area contributed by atoms with Crippen LogP contribution in [0.4, 0.5) is 15.8 Å². The molecule has 1 amide bonds. The standard InChI is InChI=1S/C22H24BrFN4O/c1-13(2)28-12-26-21-18(28)11-17(22(29)25-10-9-14-3-4-14)20(19(21)24)27-16-7-5-15(23)6-8-16/h5-8,11-14,27H,3-4,9-10H2,1-2H3,(H,25,29). The Morgan fingerprint density at radius 3 is 2.69 bits per heavy atom. The number of benzene rings is 2. The van der Waals surface area contributed by atoms with Crippen molar-refractivity contribution in [2.75, 3.05) is 11.9 Å². The van der Waals surface area contributed by atoms with Gasteiger partial charge in [-0.3, -0.25) is 4.79 Å². The van der Waals surface area contributed by atoms with Crippen molar-refractivity contribution in [3.05, 3.63) is 52.5 Å². The fourth-order valence-electron chi connectivity index (χ4n) is 3.41. The molecule has 0 saturated heterocycles. The van der Waals surface area contributed by atoms with Crippen molar-refractivity contribution in [1.29, 1.82) is 0 Å². The van der Waals surface area contributed by atoms with E-state index >= 15 is 4.39 Å². The number of rotatable bonds is 7. The number of hydrogen-bond donors (Lipinski definition) is 2. The van der Waals surface area contributed by atoms with Crippen molar-refractivity contribution in [2.45, 2.75) is 39.2 Å². The van der Waals surface area contributed by atoms with Crippen LogP contribution in [0.5, 0.6) is 0 Å². The fraction of sp³-hybridized carbons (Fsp3) is 0.364. The largest absolute Gasteiger partial charge is 0.352 e. The van der Waals surface area contributed by atoms with Crippen molar-refractivity contribution in [3.8, 4) is 0 Å². The zero-order valence-electron chi connectivity index (χ0n) is 16.5. The number of carbonyl (C=O) groups excluding carboxylic acids is 1. The number of imidazole rings is 1. The third kappa shape index (κ3) is 4.29. The van der Waals surface area contributed by atoms with Gasteiger partial charge in [0.25, 0.3) is 5.91 Å². The number of hydrogen-bond acceptors (Lipinski definition) is 3. The number of carbonyl (C=O) groups is 1. The molecule has 7 heteroatoms. The Balaban J connectivity index is 1.74. The number of amides is 1. The highest BCUT2D eigenvalue weighted by molar-refractivity contribution is 9.10. The molecule has 0 bridgehead atoms. The lowest BCUT2D eigenvalue weighted by Crippen LogP contribution is -2.26. The van der Waals surface area contributed by atoms with E-state index in [2.05, 4.69) is 31.5 Å². The van der Waals surface area contributed by atoms with Crippen LogP contribution in [-0.4, -0.2) is 22.0 Å². The molecule has 1 aliphatic carbocycles. The first-order chi connectivity index (χ1) is 13.9. The summed E-state index contributed by atoms with van der Waals surface area (Å²) in [5.41, 5.74) is 2.01. The van der Waals surface area contributed by atoms with Gasteiger partial charge in [-0.25, -0.2) is 9.37 Å². The van der Waals surface area contributed by atoms with Crippen molar-refractivity contribution in [2.24, 2.45) is 5.92 Å². The van der Waals surface area contributed by atoms with Crippen molar-refractivity contribution in [1.82, 2.24) is 14.9 Å². The van der Waals surface area contributed by atoms with Gasteiger partial charge in [0.15, 0.2) is 5.82 Å². The van der Waals surface area contributed by atoms with E-state index in [9.17, 15) is 4.79 Å². The van der Waals surface area contributed by atoms with Crippen molar-refractivity contribution >= 4 is 44.2 Å². The second kappa shape index (κ2) is 8.14. The molecule has 152 valence electrons. The van der Waals surface area contributed by atoms with Gasteiger partial charge in [0.1, 0.15) is 5.52 Å². The van der Waals surface area contributed by atoms with Gasteiger partial charge in [0, 0.05) is 22.7 Å². The van der Waals surface area contributed by atoms with E-state index in [1.807, 2.05) is 42.7 Å². The number of nitrogens with zero attached hydrogens (tertiary/aromatic N) is 2. The Kier molecular flexibility index (Phi) is 5.58. The molecule has 0 spiro atoms. The summed E-state index contributed by atoms with van der Waals surface area (Å²) >= 11 is 3.40. The van der Waals surface area contributed by atoms with Crippen LogP contribution in [0.25, 0.3) is 11.0 Å². The Labute approximate surface area is 177 Å². The van der Waals surface area contributed by atoms with E-state index in [0.29, 0.717) is 17.7 Å². The molecule has 3 aromatic rings. The van der Waals surface area contributed by atoms with E-state index in [4.69, 9.17) is 0 Å². The van der Waals surface area contributed by atoms with E-state index < -0.39 is 5.82 Å². The van der Waals surface area contributed by atoms with Gasteiger partial charge in [-0.05, 0) is 56.5 Å².